The molecule has 1 aliphatic heterocycles. The van der Waals surface area contributed by atoms with Crippen molar-refractivity contribution in [1.82, 2.24) is 52.1 Å². The lowest BCUT2D eigenvalue weighted by atomic mass is 10.0. The summed E-state index contributed by atoms with van der Waals surface area (Å²) in [4.78, 5) is 133. The number of likely N-dealkylation sites (tertiary alicyclic amines) is 1. The van der Waals surface area contributed by atoms with Crippen molar-refractivity contribution >= 4 is 64.9 Å². The number of carboxylic acids is 1. The molecule has 0 saturated carbocycles. The van der Waals surface area contributed by atoms with E-state index in [0.717, 1.165) is 0 Å². The molecule has 0 aromatic carbocycles. The first-order chi connectivity index (χ1) is 35.2. The number of aliphatic imine (C=N–C) groups is 1. The van der Waals surface area contributed by atoms with E-state index in [0.29, 0.717) is 44.3 Å². The fourth-order valence-electron chi connectivity index (χ4n) is 7.50. The molecule has 2 rings (SSSR count). The molecule has 1 aliphatic rings. The third kappa shape index (κ3) is 22.1. The van der Waals surface area contributed by atoms with E-state index < -0.39 is 120 Å². The number of H-pyrrole nitrogens is 1. The molecule has 2 heterocycles. The SMILES string of the molecule is CC(C)C(NC(=O)[C@@H](NC(=O)[C@@H](N)CCCCN)[C@@H](O)CN)C(=O)NCC(=O)/N=C(\CCCN)C(=O)N1CCC[C@H]1C(=O)N[C@@H](Cc1cnc[nH]1)C(=O)N[C@@H](CCCCN)C(=O)N/C(=C\CCNC(=N)N)C(=O)O. The molecule has 8 amide bonds. The third-order valence-corrected chi connectivity index (χ3v) is 11.6. The number of nitrogens with zero attached hydrogens (tertiary/aromatic N) is 3. The van der Waals surface area contributed by atoms with Crippen molar-refractivity contribution < 1.29 is 53.4 Å². The van der Waals surface area contributed by atoms with E-state index in [2.05, 4.69) is 52.2 Å². The Hall–Kier alpha value is -6.92. The maximum Gasteiger partial charge on any atom is 0.352 e. The van der Waals surface area contributed by atoms with Crippen molar-refractivity contribution in [2.24, 2.45) is 45.3 Å². The van der Waals surface area contributed by atoms with E-state index in [-0.39, 0.29) is 82.8 Å². The number of guanidine groups is 1. The summed E-state index contributed by atoms with van der Waals surface area (Å²) in [6.45, 7) is 2.97. The number of aromatic amines is 1. The number of carbonyl (C=O) groups excluding carboxylic acids is 8. The molecule has 1 aromatic rings. The van der Waals surface area contributed by atoms with Crippen molar-refractivity contribution in [1.29, 1.82) is 5.41 Å². The zero-order valence-corrected chi connectivity index (χ0v) is 42.2. The van der Waals surface area contributed by atoms with Gasteiger partial charge in [-0.15, -0.1) is 0 Å². The standard InChI is InChI=1S/C45H78N18O11/c1-25(2)35(61-42(71)36(33(64)21-49)62-37(66)27(50)10-3-5-15-46)41(70)55-23-34(65)57-29(12-7-17-48)43(72)63-19-9-14-32(63)40(69)60-31(20-26-22-53-24-56-26)39(68)58-28(11-4-6-16-47)38(67)59-30(44(73)74)13-8-18-54-45(51)52/h13,22,24-25,27-28,31-33,35-36,64H,3-12,14-21,23,46-50H2,1-2H3,(H,53,56)(H,55,70)(H,58,68)(H,59,67)(H,60,69)(H,61,71)(H,62,66)(H,73,74)(H4,51,52,54)/b30-13-,57-29+/t27-,28-,31-,32-,33-,35?,36-/m0/s1. The van der Waals surface area contributed by atoms with Crippen LogP contribution in [0.3, 0.4) is 0 Å². The Morgan fingerprint density at radius 1 is 0.851 bits per heavy atom. The number of rotatable bonds is 34. The van der Waals surface area contributed by atoms with Gasteiger partial charge in [0.05, 0.1) is 25.0 Å². The Morgan fingerprint density at radius 2 is 1.51 bits per heavy atom. The van der Waals surface area contributed by atoms with Crippen molar-refractivity contribution in [3.8, 4) is 0 Å². The fraction of sp³-hybridized carbons (Fsp3) is 0.644. The number of hydrogen-bond acceptors (Lipinski definition) is 17. The summed E-state index contributed by atoms with van der Waals surface area (Å²) in [5.74, 6) is -9.06. The van der Waals surface area contributed by atoms with Crippen LogP contribution in [0.1, 0.15) is 90.2 Å². The molecule has 0 bridgehead atoms. The highest BCUT2D eigenvalue weighted by Crippen LogP contribution is 2.20. The fourth-order valence-corrected chi connectivity index (χ4v) is 7.50. The lowest BCUT2D eigenvalue weighted by molar-refractivity contribution is -0.137. The van der Waals surface area contributed by atoms with Gasteiger partial charge in [-0.3, -0.25) is 43.8 Å². The highest BCUT2D eigenvalue weighted by Gasteiger charge is 2.39. The van der Waals surface area contributed by atoms with Crippen LogP contribution in [0.2, 0.25) is 0 Å². The van der Waals surface area contributed by atoms with Gasteiger partial charge in [0.2, 0.25) is 35.4 Å². The predicted molar refractivity (Wildman–Crippen MR) is 271 cm³/mol. The van der Waals surface area contributed by atoms with E-state index in [1.807, 2.05) is 0 Å². The topological polar surface area (TPSA) is 503 Å². The molecule has 1 fully saturated rings. The molecule has 29 heteroatoms. The normalized spacial score (nSPS) is 16.2. The second-order valence-electron chi connectivity index (χ2n) is 17.9. The third-order valence-electron chi connectivity index (χ3n) is 11.6. The Kier molecular flexibility index (Phi) is 28.8. The number of aliphatic hydroxyl groups excluding tert-OH is 1. The largest absolute Gasteiger partial charge is 0.477 e. The van der Waals surface area contributed by atoms with Gasteiger partial charge in [0, 0.05) is 37.9 Å². The lowest BCUT2D eigenvalue weighted by Gasteiger charge is -2.28. The van der Waals surface area contributed by atoms with Crippen LogP contribution in [0.25, 0.3) is 0 Å². The van der Waals surface area contributed by atoms with Crippen LogP contribution in [0.4, 0.5) is 0 Å². The minimum absolute atomic E-state index is 0.0413. The van der Waals surface area contributed by atoms with Gasteiger partial charge in [-0.05, 0) is 89.8 Å². The molecule has 0 aliphatic carbocycles. The van der Waals surface area contributed by atoms with E-state index in [9.17, 15) is 53.4 Å². The van der Waals surface area contributed by atoms with Crippen LogP contribution in [-0.4, -0.2) is 178 Å². The predicted octanol–water partition coefficient (Wildman–Crippen LogP) is -5.78. The maximum absolute atomic E-state index is 14.2. The smallest absolute Gasteiger partial charge is 0.352 e. The first kappa shape index (κ1) is 63.2. The molecule has 74 heavy (non-hydrogen) atoms. The summed E-state index contributed by atoms with van der Waals surface area (Å²) in [6.07, 6.45) is 5.25. The number of nitrogens with two attached hydrogens (primary N) is 6. The van der Waals surface area contributed by atoms with Crippen LogP contribution in [0, 0.1) is 11.3 Å². The Labute approximate surface area is 429 Å². The molecule has 7 atom stereocenters. The molecule has 29 nitrogen and oxygen atoms in total. The maximum atomic E-state index is 14.2. The molecule has 0 radical (unpaired) electrons. The molecule has 1 unspecified atom stereocenters. The van der Waals surface area contributed by atoms with Crippen molar-refractivity contribution in [3.05, 3.63) is 30.0 Å². The molecular formula is C45H78N18O11. The number of aliphatic hydroxyl groups is 1. The molecule has 0 spiro atoms. The minimum atomic E-state index is -1.58. The number of aromatic nitrogens is 2. The summed E-state index contributed by atoms with van der Waals surface area (Å²) in [7, 11) is 0. The van der Waals surface area contributed by atoms with Crippen LogP contribution in [-0.2, 0) is 49.6 Å². The minimum Gasteiger partial charge on any atom is -0.477 e. The number of hydrogen-bond donors (Lipinski definition) is 17. The summed E-state index contributed by atoms with van der Waals surface area (Å²) >= 11 is 0. The number of imidazole rings is 1. The number of unbranched alkanes of at least 4 members (excludes halogenated alkanes) is 2. The lowest BCUT2D eigenvalue weighted by Crippen LogP contribution is -2.61. The Bertz CT molecular complexity index is 2100. The van der Waals surface area contributed by atoms with E-state index >= 15 is 0 Å². The highest BCUT2D eigenvalue weighted by molar-refractivity contribution is 6.40. The number of nitrogens with one attached hydrogen (secondary N) is 9. The number of carbonyl (C=O) groups is 9. The van der Waals surface area contributed by atoms with Gasteiger partial charge in [0.1, 0.15) is 41.6 Å². The van der Waals surface area contributed by atoms with Crippen LogP contribution < -0.4 is 71.6 Å². The van der Waals surface area contributed by atoms with Gasteiger partial charge in [0.25, 0.3) is 11.8 Å². The van der Waals surface area contributed by atoms with E-state index in [4.69, 9.17) is 39.8 Å². The first-order valence-corrected chi connectivity index (χ1v) is 24.6. The summed E-state index contributed by atoms with van der Waals surface area (Å²) in [5, 5.41) is 45.0. The monoisotopic (exact) mass is 1050 g/mol. The van der Waals surface area contributed by atoms with Crippen molar-refractivity contribution in [2.75, 3.05) is 45.8 Å². The van der Waals surface area contributed by atoms with Gasteiger partial charge in [-0.2, -0.15) is 0 Å². The molecule has 23 N–H and O–H groups in total. The zero-order valence-electron chi connectivity index (χ0n) is 42.2. The zero-order chi connectivity index (χ0) is 55.3. The highest BCUT2D eigenvalue weighted by atomic mass is 16.4. The van der Waals surface area contributed by atoms with E-state index in [1.165, 1.54) is 23.5 Å². The Morgan fingerprint density at radius 3 is 2.11 bits per heavy atom. The average Bonchev–Trinajstić information content (AvgIpc) is 4.08. The van der Waals surface area contributed by atoms with Gasteiger partial charge < -0.3 is 91.7 Å². The Balaban J connectivity index is 2.29. The van der Waals surface area contributed by atoms with Gasteiger partial charge in [-0.25, -0.2) is 14.8 Å². The average molecular weight is 1050 g/mol. The summed E-state index contributed by atoms with van der Waals surface area (Å²) < 4.78 is 0. The second-order valence-corrected chi connectivity index (χ2v) is 17.9. The summed E-state index contributed by atoms with van der Waals surface area (Å²) in [5.41, 5.74) is 33.5. The van der Waals surface area contributed by atoms with E-state index in [1.54, 1.807) is 13.8 Å². The molecule has 414 valence electrons. The number of carboxylic acid groups (broad SMARTS) is 1. The van der Waals surface area contributed by atoms with Gasteiger partial charge in [0.15, 0.2) is 5.96 Å². The van der Waals surface area contributed by atoms with Gasteiger partial charge in [-0.1, -0.05) is 26.3 Å². The number of amides is 8. The second kappa shape index (κ2) is 33.7. The van der Waals surface area contributed by atoms with Crippen molar-refractivity contribution in [2.45, 2.75) is 133 Å². The van der Waals surface area contributed by atoms with Gasteiger partial charge >= 0.3 is 5.97 Å². The quantitative estimate of drug-likeness (QED) is 0.0132. The van der Waals surface area contributed by atoms with Crippen LogP contribution in [0.15, 0.2) is 29.3 Å². The molecule has 1 aromatic heterocycles. The molecule has 1 saturated heterocycles. The van der Waals surface area contributed by atoms with Crippen LogP contribution >= 0.6 is 0 Å². The molecular weight excluding hydrogens is 969 g/mol. The van der Waals surface area contributed by atoms with Crippen LogP contribution in [0.5, 0.6) is 0 Å². The summed E-state index contributed by atoms with van der Waals surface area (Å²) in [6, 6.07) is -7.70. The first-order valence-electron chi connectivity index (χ1n) is 24.6. The van der Waals surface area contributed by atoms with Crippen molar-refractivity contribution in [3.63, 3.8) is 0 Å². The number of aliphatic carboxylic acids is 1.